The van der Waals surface area contributed by atoms with Crippen molar-refractivity contribution in [1.29, 1.82) is 0 Å². The summed E-state index contributed by atoms with van der Waals surface area (Å²) >= 11 is 0. The van der Waals surface area contributed by atoms with Gasteiger partial charge >= 0.3 is 0 Å². The maximum absolute atomic E-state index is 5.99. The van der Waals surface area contributed by atoms with Crippen LogP contribution in [-0.4, -0.2) is 4.57 Å². The first-order chi connectivity index (χ1) is 9.15. The molecule has 0 aliphatic rings. The lowest BCUT2D eigenvalue weighted by molar-refractivity contribution is 0.835. The highest BCUT2D eigenvalue weighted by Gasteiger charge is 2.04. The Morgan fingerprint density at radius 2 is 1.84 bits per heavy atom. The number of anilines is 1. The SMILES string of the molecule is Cc1ccc(Cn2ccc3c(N)cccc32)cc1C. The Bertz CT molecular complexity index is 738. The number of hydrogen-bond donors (Lipinski definition) is 1. The Kier molecular flexibility index (Phi) is 2.79. The summed E-state index contributed by atoms with van der Waals surface area (Å²) in [5.41, 5.74) is 12.0. The molecule has 0 spiro atoms. The van der Waals surface area contributed by atoms with Crippen LogP contribution in [0.3, 0.4) is 0 Å². The predicted octanol–water partition coefficient (Wildman–Crippen LogP) is 3.89. The highest BCUT2D eigenvalue weighted by Crippen LogP contribution is 2.23. The van der Waals surface area contributed by atoms with Crippen molar-refractivity contribution in [3.63, 3.8) is 0 Å². The van der Waals surface area contributed by atoms with E-state index in [2.05, 4.69) is 54.9 Å². The van der Waals surface area contributed by atoms with Crippen LogP contribution in [0.1, 0.15) is 16.7 Å². The van der Waals surface area contributed by atoms with Gasteiger partial charge in [0.2, 0.25) is 0 Å². The van der Waals surface area contributed by atoms with Crippen molar-refractivity contribution in [3.05, 3.63) is 65.4 Å². The lowest BCUT2D eigenvalue weighted by atomic mass is 10.1. The van der Waals surface area contributed by atoms with Crippen molar-refractivity contribution in [2.45, 2.75) is 20.4 Å². The van der Waals surface area contributed by atoms with Gasteiger partial charge in [-0.1, -0.05) is 24.3 Å². The summed E-state index contributed by atoms with van der Waals surface area (Å²) in [7, 11) is 0. The Labute approximate surface area is 113 Å². The Morgan fingerprint density at radius 3 is 2.63 bits per heavy atom. The van der Waals surface area contributed by atoms with E-state index < -0.39 is 0 Å². The fourth-order valence-corrected chi connectivity index (χ4v) is 2.48. The van der Waals surface area contributed by atoms with E-state index >= 15 is 0 Å². The summed E-state index contributed by atoms with van der Waals surface area (Å²) in [6.07, 6.45) is 2.11. The van der Waals surface area contributed by atoms with Crippen molar-refractivity contribution in [3.8, 4) is 0 Å². The van der Waals surface area contributed by atoms with E-state index in [0.717, 1.165) is 17.6 Å². The summed E-state index contributed by atoms with van der Waals surface area (Å²) in [4.78, 5) is 0. The van der Waals surface area contributed by atoms with E-state index in [1.54, 1.807) is 0 Å². The van der Waals surface area contributed by atoms with Gasteiger partial charge in [-0.3, -0.25) is 0 Å². The summed E-state index contributed by atoms with van der Waals surface area (Å²) in [6, 6.07) is 14.8. The van der Waals surface area contributed by atoms with Gasteiger partial charge < -0.3 is 10.3 Å². The molecule has 0 radical (unpaired) electrons. The predicted molar refractivity (Wildman–Crippen MR) is 81.4 cm³/mol. The lowest BCUT2D eigenvalue weighted by Crippen LogP contribution is -1.99. The van der Waals surface area contributed by atoms with Crippen LogP contribution < -0.4 is 5.73 Å². The van der Waals surface area contributed by atoms with Crippen molar-refractivity contribution >= 4 is 16.6 Å². The third-order valence-electron chi connectivity index (χ3n) is 3.77. The highest BCUT2D eigenvalue weighted by molar-refractivity contribution is 5.91. The first-order valence-corrected chi connectivity index (χ1v) is 6.54. The molecule has 0 fully saturated rings. The highest BCUT2D eigenvalue weighted by atomic mass is 15.0. The normalized spacial score (nSPS) is 11.1. The number of nitrogen functional groups attached to an aromatic ring is 1. The Morgan fingerprint density at radius 1 is 1.00 bits per heavy atom. The van der Waals surface area contributed by atoms with Crippen molar-refractivity contribution < 1.29 is 0 Å². The summed E-state index contributed by atoms with van der Waals surface area (Å²) in [6.45, 7) is 5.18. The topological polar surface area (TPSA) is 30.9 Å². The molecular weight excluding hydrogens is 232 g/mol. The first-order valence-electron chi connectivity index (χ1n) is 6.54. The molecule has 96 valence electrons. The van der Waals surface area contributed by atoms with Gasteiger partial charge in [0.1, 0.15) is 0 Å². The molecule has 0 atom stereocenters. The molecule has 0 saturated carbocycles. The molecule has 0 saturated heterocycles. The van der Waals surface area contributed by atoms with Crippen molar-refractivity contribution in [1.82, 2.24) is 4.57 Å². The number of hydrogen-bond acceptors (Lipinski definition) is 1. The molecule has 2 heteroatoms. The number of benzene rings is 2. The van der Waals surface area contributed by atoms with E-state index in [9.17, 15) is 0 Å². The Balaban J connectivity index is 2.01. The molecule has 3 aromatic rings. The van der Waals surface area contributed by atoms with Gasteiger partial charge in [-0.2, -0.15) is 0 Å². The van der Waals surface area contributed by atoms with E-state index in [4.69, 9.17) is 5.73 Å². The molecule has 2 nitrogen and oxygen atoms in total. The van der Waals surface area contributed by atoms with Crippen LogP contribution in [0.15, 0.2) is 48.7 Å². The number of rotatable bonds is 2. The number of aryl methyl sites for hydroxylation is 2. The lowest BCUT2D eigenvalue weighted by Gasteiger charge is -2.08. The summed E-state index contributed by atoms with van der Waals surface area (Å²) in [5.74, 6) is 0. The molecular formula is C17H18N2. The average Bonchev–Trinajstić information content (AvgIpc) is 2.79. The maximum Gasteiger partial charge on any atom is 0.0504 e. The third-order valence-corrected chi connectivity index (χ3v) is 3.77. The monoisotopic (exact) mass is 250 g/mol. The van der Waals surface area contributed by atoms with E-state index in [0.29, 0.717) is 0 Å². The van der Waals surface area contributed by atoms with Gasteiger partial charge in [0.25, 0.3) is 0 Å². The standard InChI is InChI=1S/C17H18N2/c1-12-6-7-14(10-13(12)2)11-19-9-8-15-16(18)4-3-5-17(15)19/h3-10H,11,18H2,1-2H3. The van der Waals surface area contributed by atoms with Gasteiger partial charge in [-0.15, -0.1) is 0 Å². The smallest absolute Gasteiger partial charge is 0.0504 e. The third kappa shape index (κ3) is 2.10. The zero-order valence-corrected chi connectivity index (χ0v) is 11.4. The first kappa shape index (κ1) is 11.8. The molecule has 1 aromatic heterocycles. The second kappa shape index (κ2) is 4.47. The number of nitrogens with two attached hydrogens (primary N) is 1. The average molecular weight is 250 g/mol. The minimum absolute atomic E-state index is 0.844. The molecule has 0 aliphatic carbocycles. The molecule has 0 aliphatic heterocycles. The van der Waals surface area contributed by atoms with Gasteiger partial charge in [0.15, 0.2) is 0 Å². The van der Waals surface area contributed by atoms with E-state index in [1.165, 1.54) is 22.2 Å². The molecule has 19 heavy (non-hydrogen) atoms. The van der Waals surface area contributed by atoms with E-state index in [-0.39, 0.29) is 0 Å². The minimum Gasteiger partial charge on any atom is -0.398 e. The summed E-state index contributed by atoms with van der Waals surface area (Å²) in [5, 5.41) is 1.13. The molecule has 1 heterocycles. The molecule has 2 N–H and O–H groups in total. The van der Waals surface area contributed by atoms with Crippen LogP contribution in [0.2, 0.25) is 0 Å². The fourth-order valence-electron chi connectivity index (χ4n) is 2.48. The molecule has 3 rings (SSSR count). The Hall–Kier alpha value is -2.22. The second-order valence-electron chi connectivity index (χ2n) is 5.14. The minimum atomic E-state index is 0.844. The summed E-state index contributed by atoms with van der Waals surface area (Å²) < 4.78 is 2.25. The largest absolute Gasteiger partial charge is 0.398 e. The van der Waals surface area contributed by atoms with Gasteiger partial charge in [0.05, 0.1) is 5.52 Å². The second-order valence-corrected chi connectivity index (χ2v) is 5.14. The molecule has 0 unspecified atom stereocenters. The van der Waals surface area contributed by atoms with Crippen LogP contribution in [0, 0.1) is 13.8 Å². The number of nitrogens with zero attached hydrogens (tertiary/aromatic N) is 1. The fraction of sp³-hybridized carbons (Fsp3) is 0.176. The van der Waals surface area contributed by atoms with Crippen molar-refractivity contribution in [2.24, 2.45) is 0 Å². The zero-order chi connectivity index (χ0) is 13.4. The number of fused-ring (bicyclic) bond motifs is 1. The van der Waals surface area contributed by atoms with Crippen molar-refractivity contribution in [2.75, 3.05) is 5.73 Å². The van der Waals surface area contributed by atoms with Crippen LogP contribution in [-0.2, 0) is 6.54 Å². The zero-order valence-electron chi connectivity index (χ0n) is 11.4. The molecule has 0 amide bonds. The van der Waals surface area contributed by atoms with E-state index in [1.807, 2.05) is 12.1 Å². The van der Waals surface area contributed by atoms with Crippen LogP contribution >= 0.6 is 0 Å². The quantitative estimate of drug-likeness (QED) is 0.687. The maximum atomic E-state index is 5.99. The molecule has 0 bridgehead atoms. The van der Waals surface area contributed by atoms with Gasteiger partial charge in [-0.25, -0.2) is 0 Å². The van der Waals surface area contributed by atoms with Crippen LogP contribution in [0.4, 0.5) is 5.69 Å². The van der Waals surface area contributed by atoms with Crippen LogP contribution in [0.25, 0.3) is 10.9 Å². The van der Waals surface area contributed by atoms with Gasteiger partial charge in [0, 0.05) is 23.8 Å². The van der Waals surface area contributed by atoms with Crippen LogP contribution in [0.5, 0.6) is 0 Å². The number of aromatic nitrogens is 1. The van der Waals surface area contributed by atoms with Gasteiger partial charge in [-0.05, 0) is 48.7 Å². The molecule has 2 aromatic carbocycles.